The molecule has 2 aromatic heterocycles. The third kappa shape index (κ3) is 3.99. The highest BCUT2D eigenvalue weighted by Gasteiger charge is 2.47. The van der Waals surface area contributed by atoms with Crippen LogP contribution in [0.15, 0.2) is 41.1 Å². The van der Waals surface area contributed by atoms with Crippen molar-refractivity contribution in [3.8, 4) is 0 Å². The van der Waals surface area contributed by atoms with Gasteiger partial charge in [0.25, 0.3) is 5.91 Å². The zero-order chi connectivity index (χ0) is 21.4. The van der Waals surface area contributed by atoms with Crippen molar-refractivity contribution in [2.75, 3.05) is 26.2 Å². The molecule has 0 bridgehead atoms. The molecule has 2 fully saturated rings. The summed E-state index contributed by atoms with van der Waals surface area (Å²) in [5.74, 6) is 0.0139. The van der Waals surface area contributed by atoms with E-state index in [1.807, 2.05) is 17.0 Å². The van der Waals surface area contributed by atoms with Crippen LogP contribution in [0.3, 0.4) is 0 Å². The predicted molar refractivity (Wildman–Crippen MR) is 115 cm³/mol. The Morgan fingerprint density at radius 1 is 1.13 bits per heavy atom. The number of ether oxygens (including phenoxy) is 1. The van der Waals surface area contributed by atoms with Crippen LogP contribution in [0, 0.1) is 5.41 Å². The summed E-state index contributed by atoms with van der Waals surface area (Å²) in [6.07, 6.45) is 4.81. The molecule has 9 nitrogen and oxygen atoms in total. The van der Waals surface area contributed by atoms with E-state index in [-0.39, 0.29) is 24.0 Å². The second-order valence-corrected chi connectivity index (χ2v) is 9.17. The van der Waals surface area contributed by atoms with Gasteiger partial charge in [-0.2, -0.15) is 0 Å². The quantitative estimate of drug-likeness (QED) is 0.612. The van der Waals surface area contributed by atoms with Crippen molar-refractivity contribution < 1.29 is 14.3 Å². The number of H-pyrrole nitrogens is 1. The SMILES string of the molecule is O=C(OCc1cncc(Br)c1)N1CCC2(CC1)CN(C(=O)c1ccc3[nH]nnc3c1)C2. The zero-order valence-corrected chi connectivity index (χ0v) is 18.3. The molecule has 0 saturated carbocycles. The van der Waals surface area contributed by atoms with Crippen molar-refractivity contribution in [1.29, 1.82) is 0 Å². The topological polar surface area (TPSA) is 104 Å². The van der Waals surface area contributed by atoms with E-state index in [1.54, 1.807) is 29.4 Å². The van der Waals surface area contributed by atoms with Gasteiger partial charge >= 0.3 is 6.09 Å². The van der Waals surface area contributed by atoms with Crippen LogP contribution in [0.4, 0.5) is 4.79 Å². The molecule has 2 amide bonds. The number of hydrogen-bond acceptors (Lipinski definition) is 6. The molecule has 1 N–H and O–H groups in total. The second-order valence-electron chi connectivity index (χ2n) is 8.26. The van der Waals surface area contributed by atoms with Crippen molar-refractivity contribution in [3.05, 3.63) is 52.3 Å². The summed E-state index contributed by atoms with van der Waals surface area (Å²) in [5.41, 5.74) is 3.06. The first kappa shape index (κ1) is 19.9. The van der Waals surface area contributed by atoms with Crippen LogP contribution in [-0.2, 0) is 11.3 Å². The van der Waals surface area contributed by atoms with Crippen LogP contribution >= 0.6 is 15.9 Å². The molecule has 0 aliphatic carbocycles. The summed E-state index contributed by atoms with van der Waals surface area (Å²) < 4.78 is 6.29. The molecule has 0 atom stereocenters. The molecule has 2 saturated heterocycles. The van der Waals surface area contributed by atoms with Gasteiger partial charge in [0, 0.05) is 59.6 Å². The Balaban J connectivity index is 1.11. The molecule has 1 aromatic carbocycles. The normalized spacial score (nSPS) is 17.6. The summed E-state index contributed by atoms with van der Waals surface area (Å²) in [5, 5.41) is 10.5. The number of carbonyl (C=O) groups is 2. The maximum absolute atomic E-state index is 12.8. The van der Waals surface area contributed by atoms with Gasteiger partial charge in [-0.25, -0.2) is 4.79 Å². The molecule has 3 aromatic rings. The fourth-order valence-corrected chi connectivity index (χ4v) is 4.73. The van der Waals surface area contributed by atoms with Gasteiger partial charge in [-0.3, -0.25) is 14.9 Å². The van der Waals surface area contributed by atoms with Crippen LogP contribution in [-0.4, -0.2) is 68.4 Å². The summed E-state index contributed by atoms with van der Waals surface area (Å²) in [4.78, 5) is 32.9. The van der Waals surface area contributed by atoms with E-state index in [2.05, 4.69) is 36.3 Å². The van der Waals surface area contributed by atoms with Crippen LogP contribution < -0.4 is 0 Å². The maximum atomic E-state index is 12.8. The predicted octanol–water partition coefficient (Wildman–Crippen LogP) is 2.99. The highest BCUT2D eigenvalue weighted by Crippen LogP contribution is 2.41. The molecule has 0 unspecified atom stereocenters. The molecule has 160 valence electrons. The lowest BCUT2D eigenvalue weighted by molar-refractivity contribution is -0.0319. The van der Waals surface area contributed by atoms with Crippen LogP contribution in [0.25, 0.3) is 11.0 Å². The van der Waals surface area contributed by atoms with Gasteiger partial charge in [-0.1, -0.05) is 5.21 Å². The first-order valence-corrected chi connectivity index (χ1v) is 10.9. The van der Waals surface area contributed by atoms with Crippen LogP contribution in [0.1, 0.15) is 28.8 Å². The third-order valence-electron chi connectivity index (χ3n) is 6.12. The van der Waals surface area contributed by atoms with Gasteiger partial charge in [0.1, 0.15) is 12.1 Å². The minimum absolute atomic E-state index is 0.0139. The van der Waals surface area contributed by atoms with Crippen LogP contribution in [0.5, 0.6) is 0 Å². The molecule has 5 rings (SSSR count). The summed E-state index contributed by atoms with van der Waals surface area (Å²) in [7, 11) is 0. The molecule has 10 heteroatoms. The maximum Gasteiger partial charge on any atom is 0.410 e. The van der Waals surface area contributed by atoms with Gasteiger partial charge in [0.2, 0.25) is 0 Å². The number of aromatic nitrogens is 4. The number of rotatable bonds is 3. The van der Waals surface area contributed by atoms with E-state index in [9.17, 15) is 9.59 Å². The van der Waals surface area contributed by atoms with Crippen molar-refractivity contribution in [2.45, 2.75) is 19.4 Å². The number of hydrogen-bond donors (Lipinski definition) is 1. The molecule has 1 spiro atoms. The zero-order valence-electron chi connectivity index (χ0n) is 16.8. The number of nitrogens with zero attached hydrogens (tertiary/aromatic N) is 5. The fourth-order valence-electron chi connectivity index (χ4n) is 4.32. The van der Waals surface area contributed by atoms with Gasteiger partial charge in [0.05, 0.1) is 5.52 Å². The summed E-state index contributed by atoms with van der Waals surface area (Å²) in [6, 6.07) is 7.28. The average molecular weight is 485 g/mol. The molecule has 4 heterocycles. The minimum Gasteiger partial charge on any atom is -0.444 e. The Morgan fingerprint density at radius 2 is 1.94 bits per heavy atom. The Bertz CT molecular complexity index is 1130. The number of fused-ring (bicyclic) bond motifs is 1. The second kappa shape index (κ2) is 7.92. The lowest BCUT2D eigenvalue weighted by atomic mass is 9.72. The van der Waals surface area contributed by atoms with Gasteiger partial charge in [0.15, 0.2) is 0 Å². The number of carbonyl (C=O) groups excluding carboxylic acids is 2. The van der Waals surface area contributed by atoms with E-state index >= 15 is 0 Å². The number of piperidine rings is 1. The number of benzene rings is 1. The van der Waals surface area contributed by atoms with E-state index in [0.717, 1.165) is 41.5 Å². The number of amides is 2. The Kier molecular flexibility index (Phi) is 5.09. The highest BCUT2D eigenvalue weighted by atomic mass is 79.9. The lowest BCUT2D eigenvalue weighted by Gasteiger charge is -2.53. The largest absolute Gasteiger partial charge is 0.444 e. The van der Waals surface area contributed by atoms with Crippen molar-refractivity contribution >= 4 is 39.0 Å². The number of pyridine rings is 1. The average Bonchev–Trinajstić information content (AvgIpc) is 3.23. The molecular weight excluding hydrogens is 464 g/mol. The van der Waals surface area contributed by atoms with E-state index in [1.165, 1.54) is 0 Å². The van der Waals surface area contributed by atoms with Gasteiger partial charge in [-0.15, -0.1) is 5.10 Å². The summed E-state index contributed by atoms with van der Waals surface area (Å²) >= 11 is 3.36. The van der Waals surface area contributed by atoms with E-state index < -0.39 is 0 Å². The molecule has 31 heavy (non-hydrogen) atoms. The number of likely N-dealkylation sites (tertiary alicyclic amines) is 2. The number of nitrogens with one attached hydrogen (secondary N) is 1. The van der Waals surface area contributed by atoms with Crippen LogP contribution in [0.2, 0.25) is 0 Å². The van der Waals surface area contributed by atoms with E-state index in [0.29, 0.717) is 24.2 Å². The number of aromatic amines is 1. The minimum atomic E-state index is -0.303. The van der Waals surface area contributed by atoms with Crippen molar-refractivity contribution in [2.24, 2.45) is 5.41 Å². The lowest BCUT2D eigenvalue weighted by Crippen LogP contribution is -2.62. The van der Waals surface area contributed by atoms with Gasteiger partial charge in [-0.05, 0) is 53.0 Å². The Hall–Kier alpha value is -3.01. The first-order chi connectivity index (χ1) is 15.0. The monoisotopic (exact) mass is 484 g/mol. The van der Waals surface area contributed by atoms with Crippen molar-refractivity contribution in [3.63, 3.8) is 0 Å². The first-order valence-electron chi connectivity index (χ1n) is 10.1. The molecule has 0 radical (unpaired) electrons. The van der Waals surface area contributed by atoms with Crippen molar-refractivity contribution in [1.82, 2.24) is 30.2 Å². The Labute approximate surface area is 186 Å². The van der Waals surface area contributed by atoms with Gasteiger partial charge < -0.3 is 14.5 Å². The Morgan fingerprint density at radius 3 is 2.71 bits per heavy atom. The highest BCUT2D eigenvalue weighted by molar-refractivity contribution is 9.10. The third-order valence-corrected chi connectivity index (χ3v) is 6.55. The molecular formula is C21H21BrN6O3. The summed E-state index contributed by atoms with van der Waals surface area (Å²) in [6.45, 7) is 2.92. The fraction of sp³-hybridized carbons (Fsp3) is 0.381. The molecule has 2 aliphatic rings. The molecule has 2 aliphatic heterocycles. The number of halogens is 1. The van der Waals surface area contributed by atoms with E-state index in [4.69, 9.17) is 4.74 Å². The standard InChI is InChI=1S/C21H21BrN6O3/c22-16-7-14(9-23-10-16)11-31-20(30)27-5-3-21(4-6-27)12-28(13-21)19(29)15-1-2-17-18(8-15)25-26-24-17/h1-2,7-10H,3-6,11-13H2,(H,24,25,26). The smallest absolute Gasteiger partial charge is 0.410 e.